The zero-order valence-corrected chi connectivity index (χ0v) is 9.17. The maximum absolute atomic E-state index is 12.5. The van der Waals surface area contributed by atoms with E-state index >= 15 is 0 Å². The summed E-state index contributed by atoms with van der Waals surface area (Å²) in [7, 11) is 0. The van der Waals surface area contributed by atoms with Crippen LogP contribution in [0.2, 0.25) is 5.02 Å². The van der Waals surface area contributed by atoms with Gasteiger partial charge in [0, 0.05) is 16.0 Å². The average Bonchev–Trinajstić information content (AvgIpc) is 2.06. The quantitative estimate of drug-likeness (QED) is 0.840. The Morgan fingerprint density at radius 3 is 2.29 bits per heavy atom. The van der Waals surface area contributed by atoms with Crippen molar-refractivity contribution in [3.63, 3.8) is 0 Å². The van der Waals surface area contributed by atoms with Gasteiger partial charge >= 0.3 is 6.18 Å². The highest BCUT2D eigenvalue weighted by Crippen LogP contribution is 2.39. The summed E-state index contributed by atoms with van der Waals surface area (Å²) in [6.07, 6.45) is -4.45. The molecule has 0 aliphatic heterocycles. The summed E-state index contributed by atoms with van der Waals surface area (Å²) in [6.45, 7) is -0.243. The van der Waals surface area contributed by atoms with Crippen molar-refractivity contribution in [1.82, 2.24) is 0 Å². The molecule has 0 fully saturated rings. The predicted molar refractivity (Wildman–Crippen MR) is 52.0 cm³/mol. The Kier molecular flexibility index (Phi) is 3.44. The van der Waals surface area contributed by atoms with E-state index in [9.17, 15) is 13.2 Å². The van der Waals surface area contributed by atoms with E-state index in [0.717, 1.165) is 0 Å². The molecule has 0 amide bonds. The third-order valence-electron chi connectivity index (χ3n) is 1.69. The van der Waals surface area contributed by atoms with Crippen molar-refractivity contribution in [2.24, 2.45) is 5.73 Å². The molecule has 0 spiro atoms. The molecule has 0 atom stereocenters. The van der Waals surface area contributed by atoms with Crippen LogP contribution >= 0.6 is 27.5 Å². The molecule has 1 aromatic rings. The number of hydrogen-bond donors (Lipinski definition) is 1. The normalized spacial score (nSPS) is 11.9. The van der Waals surface area contributed by atoms with Crippen LogP contribution in [0.3, 0.4) is 0 Å². The number of benzene rings is 1. The highest BCUT2D eigenvalue weighted by molar-refractivity contribution is 9.10. The number of alkyl halides is 3. The van der Waals surface area contributed by atoms with Crippen LogP contribution in [-0.4, -0.2) is 0 Å². The second-order valence-electron chi connectivity index (χ2n) is 2.58. The molecule has 1 rings (SSSR count). The summed E-state index contributed by atoms with van der Waals surface area (Å²) in [4.78, 5) is 0. The van der Waals surface area contributed by atoms with Gasteiger partial charge in [-0.2, -0.15) is 13.2 Å². The van der Waals surface area contributed by atoms with Gasteiger partial charge in [-0.3, -0.25) is 0 Å². The van der Waals surface area contributed by atoms with Crippen molar-refractivity contribution < 1.29 is 13.2 Å². The van der Waals surface area contributed by atoms with Crippen LogP contribution in [-0.2, 0) is 12.7 Å². The number of hydrogen-bond acceptors (Lipinski definition) is 1. The Hall–Kier alpha value is -0.260. The van der Waals surface area contributed by atoms with E-state index in [-0.39, 0.29) is 21.6 Å². The topological polar surface area (TPSA) is 26.0 Å². The fourth-order valence-corrected chi connectivity index (χ4v) is 1.93. The minimum atomic E-state index is -4.45. The van der Waals surface area contributed by atoms with Crippen LogP contribution < -0.4 is 5.73 Å². The highest BCUT2D eigenvalue weighted by Gasteiger charge is 2.36. The summed E-state index contributed by atoms with van der Waals surface area (Å²) in [5.74, 6) is 0. The van der Waals surface area contributed by atoms with E-state index in [4.69, 9.17) is 17.3 Å². The molecule has 0 bridgehead atoms. The van der Waals surface area contributed by atoms with Gasteiger partial charge in [0.25, 0.3) is 0 Å². The van der Waals surface area contributed by atoms with Crippen molar-refractivity contribution in [1.29, 1.82) is 0 Å². The standard InChI is InChI=1S/C8H6BrClF3N/c9-5-1-2-6(10)4(3-14)7(5)8(11,12)13/h1-2H,3,14H2. The lowest BCUT2D eigenvalue weighted by Gasteiger charge is -2.14. The second kappa shape index (κ2) is 4.08. The largest absolute Gasteiger partial charge is 0.417 e. The molecule has 0 aliphatic rings. The van der Waals surface area contributed by atoms with Crippen LogP contribution in [0.15, 0.2) is 16.6 Å². The third kappa shape index (κ3) is 2.21. The molecule has 0 saturated heterocycles. The molecular formula is C8H6BrClF3N. The van der Waals surface area contributed by atoms with Gasteiger partial charge < -0.3 is 5.73 Å². The fraction of sp³-hybridized carbons (Fsp3) is 0.250. The molecule has 0 radical (unpaired) electrons. The summed E-state index contributed by atoms with van der Waals surface area (Å²) in [5.41, 5.74) is 4.32. The molecule has 0 aliphatic carbocycles. The lowest BCUT2D eigenvalue weighted by molar-refractivity contribution is -0.138. The van der Waals surface area contributed by atoms with E-state index in [2.05, 4.69) is 15.9 Å². The van der Waals surface area contributed by atoms with E-state index < -0.39 is 11.7 Å². The summed E-state index contributed by atoms with van der Waals surface area (Å²) < 4.78 is 37.5. The van der Waals surface area contributed by atoms with Crippen molar-refractivity contribution in [2.75, 3.05) is 0 Å². The first-order valence-electron chi connectivity index (χ1n) is 3.62. The zero-order chi connectivity index (χ0) is 10.9. The Labute approximate surface area is 92.2 Å². The number of halogens is 5. The summed E-state index contributed by atoms with van der Waals surface area (Å²) in [6, 6.07) is 2.63. The van der Waals surface area contributed by atoms with E-state index in [1.54, 1.807) is 0 Å². The molecule has 0 saturated carbocycles. The van der Waals surface area contributed by atoms with Gasteiger partial charge in [0.15, 0.2) is 0 Å². The molecule has 0 aromatic heterocycles. The van der Waals surface area contributed by atoms with Gasteiger partial charge in [-0.25, -0.2) is 0 Å². The SMILES string of the molecule is NCc1c(Cl)ccc(Br)c1C(F)(F)F. The minimum Gasteiger partial charge on any atom is -0.326 e. The highest BCUT2D eigenvalue weighted by atomic mass is 79.9. The van der Waals surface area contributed by atoms with E-state index in [1.165, 1.54) is 12.1 Å². The molecular weight excluding hydrogens is 282 g/mol. The van der Waals surface area contributed by atoms with Crippen molar-refractivity contribution >= 4 is 27.5 Å². The second-order valence-corrected chi connectivity index (χ2v) is 3.85. The molecule has 14 heavy (non-hydrogen) atoms. The van der Waals surface area contributed by atoms with Crippen LogP contribution in [0, 0.1) is 0 Å². The van der Waals surface area contributed by atoms with Crippen molar-refractivity contribution in [3.8, 4) is 0 Å². The molecule has 78 valence electrons. The maximum Gasteiger partial charge on any atom is 0.417 e. The Morgan fingerprint density at radius 1 is 1.36 bits per heavy atom. The minimum absolute atomic E-state index is 0.0306. The van der Waals surface area contributed by atoms with Gasteiger partial charge in [-0.1, -0.05) is 27.5 Å². The summed E-state index contributed by atoms with van der Waals surface area (Å²) in [5, 5.41) is 0.0306. The molecule has 0 unspecified atom stereocenters. The Bertz CT molecular complexity index is 351. The predicted octanol–water partition coefficient (Wildman–Crippen LogP) is 3.58. The molecule has 1 aromatic carbocycles. The maximum atomic E-state index is 12.5. The first kappa shape index (κ1) is 11.8. The molecule has 1 nitrogen and oxygen atoms in total. The first-order chi connectivity index (χ1) is 6.38. The lowest BCUT2D eigenvalue weighted by atomic mass is 10.1. The molecule has 0 heterocycles. The summed E-state index contributed by atoms with van der Waals surface area (Å²) >= 11 is 8.43. The van der Waals surface area contributed by atoms with Crippen LogP contribution in [0.1, 0.15) is 11.1 Å². The van der Waals surface area contributed by atoms with Crippen LogP contribution in [0.4, 0.5) is 13.2 Å². The molecule has 2 N–H and O–H groups in total. The number of rotatable bonds is 1. The lowest BCUT2D eigenvalue weighted by Crippen LogP contribution is -2.13. The van der Waals surface area contributed by atoms with Crippen molar-refractivity contribution in [2.45, 2.75) is 12.7 Å². The van der Waals surface area contributed by atoms with Crippen LogP contribution in [0.5, 0.6) is 0 Å². The van der Waals surface area contributed by atoms with E-state index in [0.29, 0.717) is 0 Å². The van der Waals surface area contributed by atoms with Gasteiger partial charge in [0.1, 0.15) is 0 Å². The molecule has 6 heteroatoms. The monoisotopic (exact) mass is 287 g/mol. The average molecular weight is 288 g/mol. The van der Waals surface area contributed by atoms with Crippen LogP contribution in [0.25, 0.3) is 0 Å². The van der Waals surface area contributed by atoms with Gasteiger partial charge in [-0.05, 0) is 17.7 Å². The van der Waals surface area contributed by atoms with Gasteiger partial charge in [0.2, 0.25) is 0 Å². The Balaban J connectivity index is 3.46. The van der Waals surface area contributed by atoms with Gasteiger partial charge in [0.05, 0.1) is 5.56 Å². The number of nitrogens with two attached hydrogens (primary N) is 1. The van der Waals surface area contributed by atoms with E-state index in [1.807, 2.05) is 0 Å². The first-order valence-corrected chi connectivity index (χ1v) is 4.79. The third-order valence-corrected chi connectivity index (χ3v) is 2.71. The zero-order valence-electron chi connectivity index (χ0n) is 6.83. The van der Waals surface area contributed by atoms with Gasteiger partial charge in [-0.15, -0.1) is 0 Å². The van der Waals surface area contributed by atoms with Crippen molar-refractivity contribution in [3.05, 3.63) is 32.8 Å². The fourth-order valence-electron chi connectivity index (χ4n) is 1.10. The smallest absolute Gasteiger partial charge is 0.326 e. The Morgan fingerprint density at radius 2 is 1.93 bits per heavy atom.